The third-order valence-electron chi connectivity index (χ3n) is 2.59. The average molecular weight is 240 g/mol. The van der Waals surface area contributed by atoms with E-state index < -0.39 is 12.3 Å². The number of aliphatic hydroxyl groups is 1. The molecule has 96 valence electrons. The van der Waals surface area contributed by atoms with Crippen LogP contribution in [-0.2, 0) is 0 Å². The zero-order chi connectivity index (χ0) is 12.5. The van der Waals surface area contributed by atoms with E-state index in [9.17, 15) is 9.50 Å². The molecule has 0 saturated heterocycles. The molecule has 1 N–H and O–H groups in total. The van der Waals surface area contributed by atoms with E-state index in [0.29, 0.717) is 12.2 Å². The predicted octanol–water partition coefficient (Wildman–Crippen LogP) is 3.34. The van der Waals surface area contributed by atoms with Crippen molar-refractivity contribution in [3.05, 3.63) is 30.3 Å². The van der Waals surface area contributed by atoms with E-state index in [1.54, 1.807) is 12.1 Å². The first-order valence-electron chi connectivity index (χ1n) is 6.22. The molecule has 2 unspecified atom stereocenters. The van der Waals surface area contributed by atoms with E-state index in [1.807, 2.05) is 18.2 Å². The van der Waals surface area contributed by atoms with E-state index >= 15 is 0 Å². The summed E-state index contributed by atoms with van der Waals surface area (Å²) in [6.45, 7) is 2.06. The average Bonchev–Trinajstić information content (AvgIpc) is 2.35. The van der Waals surface area contributed by atoms with Crippen LogP contribution in [0, 0.1) is 0 Å². The van der Waals surface area contributed by atoms with Gasteiger partial charge in [-0.3, -0.25) is 0 Å². The summed E-state index contributed by atoms with van der Waals surface area (Å²) in [4.78, 5) is 0. The second-order valence-electron chi connectivity index (χ2n) is 4.25. The van der Waals surface area contributed by atoms with Gasteiger partial charge in [0.05, 0.1) is 6.10 Å². The van der Waals surface area contributed by atoms with Gasteiger partial charge in [-0.1, -0.05) is 38.0 Å². The van der Waals surface area contributed by atoms with Crippen LogP contribution < -0.4 is 4.74 Å². The maximum atomic E-state index is 13.5. The van der Waals surface area contributed by atoms with Crippen LogP contribution in [0.25, 0.3) is 0 Å². The minimum atomic E-state index is -1.11. The number of hydrogen-bond donors (Lipinski definition) is 1. The lowest BCUT2D eigenvalue weighted by Crippen LogP contribution is -2.20. The van der Waals surface area contributed by atoms with Crippen molar-refractivity contribution in [2.24, 2.45) is 0 Å². The molecule has 0 amide bonds. The molecule has 2 atom stereocenters. The normalized spacial score (nSPS) is 14.3. The molecule has 0 saturated carbocycles. The van der Waals surface area contributed by atoms with Crippen molar-refractivity contribution in [1.82, 2.24) is 0 Å². The van der Waals surface area contributed by atoms with Crippen LogP contribution in [0.4, 0.5) is 4.39 Å². The van der Waals surface area contributed by atoms with Gasteiger partial charge in [0.1, 0.15) is 18.5 Å². The van der Waals surface area contributed by atoms with Crippen molar-refractivity contribution in [2.45, 2.75) is 44.9 Å². The molecule has 0 aliphatic carbocycles. The first-order chi connectivity index (χ1) is 8.22. The Balaban J connectivity index is 2.19. The van der Waals surface area contributed by atoms with Crippen molar-refractivity contribution in [3.8, 4) is 5.75 Å². The maximum Gasteiger partial charge on any atom is 0.136 e. The molecule has 3 heteroatoms. The van der Waals surface area contributed by atoms with Gasteiger partial charge >= 0.3 is 0 Å². The second-order valence-corrected chi connectivity index (χ2v) is 4.25. The zero-order valence-electron chi connectivity index (χ0n) is 10.3. The minimum absolute atomic E-state index is 0.00714. The molecule has 0 aliphatic heterocycles. The van der Waals surface area contributed by atoms with Crippen molar-refractivity contribution < 1.29 is 14.2 Å². The summed E-state index contributed by atoms with van der Waals surface area (Å²) in [5.41, 5.74) is 0. The fourth-order valence-corrected chi connectivity index (χ4v) is 1.62. The standard InChI is InChI=1S/C14H21FO2/c1-2-3-7-13(16)10-12(15)11-17-14-8-5-4-6-9-14/h4-6,8-9,12-13,16H,2-3,7,10-11H2,1H3. The molecule has 1 aromatic rings. The third-order valence-corrected chi connectivity index (χ3v) is 2.59. The van der Waals surface area contributed by atoms with E-state index in [2.05, 4.69) is 6.92 Å². The van der Waals surface area contributed by atoms with Gasteiger partial charge in [-0.25, -0.2) is 4.39 Å². The highest BCUT2D eigenvalue weighted by molar-refractivity contribution is 5.20. The van der Waals surface area contributed by atoms with Crippen molar-refractivity contribution in [2.75, 3.05) is 6.61 Å². The quantitative estimate of drug-likeness (QED) is 0.755. The van der Waals surface area contributed by atoms with Crippen LogP contribution in [0.3, 0.4) is 0 Å². The van der Waals surface area contributed by atoms with Gasteiger partial charge in [0, 0.05) is 6.42 Å². The van der Waals surface area contributed by atoms with Crippen LogP contribution in [0.1, 0.15) is 32.6 Å². The fraction of sp³-hybridized carbons (Fsp3) is 0.571. The first kappa shape index (κ1) is 14.0. The highest BCUT2D eigenvalue weighted by atomic mass is 19.1. The highest BCUT2D eigenvalue weighted by Gasteiger charge is 2.13. The Kier molecular flexibility index (Phi) is 6.63. The number of para-hydroxylation sites is 1. The number of rotatable bonds is 8. The molecule has 0 aliphatic rings. The molecule has 0 aromatic heterocycles. The van der Waals surface area contributed by atoms with Gasteiger partial charge in [-0.05, 0) is 18.6 Å². The fourth-order valence-electron chi connectivity index (χ4n) is 1.62. The monoisotopic (exact) mass is 240 g/mol. The predicted molar refractivity (Wildman–Crippen MR) is 67.0 cm³/mol. The largest absolute Gasteiger partial charge is 0.491 e. The van der Waals surface area contributed by atoms with Crippen LogP contribution in [0.5, 0.6) is 5.75 Å². The number of halogens is 1. The Bertz CT molecular complexity index is 290. The number of aliphatic hydroxyl groups excluding tert-OH is 1. The van der Waals surface area contributed by atoms with E-state index in [1.165, 1.54) is 0 Å². The number of alkyl halides is 1. The lowest BCUT2D eigenvalue weighted by Gasteiger charge is -2.14. The van der Waals surface area contributed by atoms with Gasteiger partial charge < -0.3 is 9.84 Å². The number of hydrogen-bond acceptors (Lipinski definition) is 2. The topological polar surface area (TPSA) is 29.5 Å². The highest BCUT2D eigenvalue weighted by Crippen LogP contribution is 2.13. The first-order valence-corrected chi connectivity index (χ1v) is 6.22. The van der Waals surface area contributed by atoms with Crippen LogP contribution in [0.2, 0.25) is 0 Å². The summed E-state index contributed by atoms with van der Waals surface area (Å²) in [7, 11) is 0. The Morgan fingerprint density at radius 2 is 2.00 bits per heavy atom. The lowest BCUT2D eigenvalue weighted by molar-refractivity contribution is 0.0928. The minimum Gasteiger partial charge on any atom is -0.491 e. The molecule has 17 heavy (non-hydrogen) atoms. The molecule has 0 fully saturated rings. The summed E-state index contributed by atoms with van der Waals surface area (Å²) in [5.74, 6) is 0.665. The van der Waals surface area contributed by atoms with Gasteiger partial charge in [-0.2, -0.15) is 0 Å². The van der Waals surface area contributed by atoms with Crippen LogP contribution in [0.15, 0.2) is 30.3 Å². The van der Waals surface area contributed by atoms with Crippen molar-refractivity contribution in [3.63, 3.8) is 0 Å². The molecule has 1 aromatic carbocycles. The van der Waals surface area contributed by atoms with Gasteiger partial charge in [0.25, 0.3) is 0 Å². The smallest absolute Gasteiger partial charge is 0.136 e. The molecule has 1 rings (SSSR count). The summed E-state index contributed by atoms with van der Waals surface area (Å²) in [5, 5.41) is 9.55. The summed E-state index contributed by atoms with van der Waals surface area (Å²) in [6.07, 6.45) is 1.13. The summed E-state index contributed by atoms with van der Waals surface area (Å²) >= 11 is 0. The van der Waals surface area contributed by atoms with Crippen molar-refractivity contribution >= 4 is 0 Å². The number of ether oxygens (including phenoxy) is 1. The molecular weight excluding hydrogens is 219 g/mol. The molecule has 2 nitrogen and oxygen atoms in total. The van der Waals surface area contributed by atoms with E-state index in [-0.39, 0.29) is 13.0 Å². The SMILES string of the molecule is CCCCC(O)CC(F)COc1ccccc1. The zero-order valence-corrected chi connectivity index (χ0v) is 10.3. The van der Waals surface area contributed by atoms with Gasteiger partial charge in [0.15, 0.2) is 0 Å². The Labute approximate surface area is 102 Å². The Hall–Kier alpha value is -1.09. The van der Waals surface area contributed by atoms with Crippen LogP contribution in [-0.4, -0.2) is 24.0 Å². The molecule has 0 spiro atoms. The van der Waals surface area contributed by atoms with Crippen LogP contribution >= 0.6 is 0 Å². The van der Waals surface area contributed by atoms with Crippen molar-refractivity contribution in [1.29, 1.82) is 0 Å². The second kappa shape index (κ2) is 8.07. The van der Waals surface area contributed by atoms with E-state index in [0.717, 1.165) is 12.8 Å². The lowest BCUT2D eigenvalue weighted by atomic mass is 10.1. The molecular formula is C14H21FO2. The van der Waals surface area contributed by atoms with Gasteiger partial charge in [0.2, 0.25) is 0 Å². The molecule has 0 radical (unpaired) electrons. The summed E-state index contributed by atoms with van der Waals surface area (Å²) < 4.78 is 18.8. The Morgan fingerprint density at radius 3 is 2.65 bits per heavy atom. The maximum absolute atomic E-state index is 13.5. The van der Waals surface area contributed by atoms with Gasteiger partial charge in [-0.15, -0.1) is 0 Å². The number of unbranched alkanes of at least 4 members (excludes halogenated alkanes) is 1. The third kappa shape index (κ3) is 6.27. The Morgan fingerprint density at radius 1 is 1.29 bits per heavy atom. The van der Waals surface area contributed by atoms with E-state index in [4.69, 9.17) is 4.74 Å². The summed E-state index contributed by atoms with van der Waals surface area (Å²) in [6, 6.07) is 9.16. The number of benzene rings is 1. The molecule has 0 bridgehead atoms. The molecule has 0 heterocycles.